The Morgan fingerprint density at radius 1 is 1.14 bits per heavy atom. The first kappa shape index (κ1) is 25.5. The number of nitrogens with one attached hydrogen (secondary N) is 1. The molecule has 2 fully saturated rings. The van der Waals surface area contributed by atoms with E-state index in [1.54, 1.807) is 6.07 Å². The standard InChI is InChI=1S/C27H31F3N6O/c1-35-10-5-18(6-11-35)4-9-32-23-3-2-20(14-22(23)27(28,29)30)25-21-7-12-36(16-19-8-13-37-17-19)26(21)34-24(15-31)33-25/h2-3,7,12,14,18-19,32H,4-6,8-11,13,16-17H2,1H3. The Bertz CT molecular complexity index is 1280. The van der Waals surface area contributed by atoms with E-state index in [2.05, 4.69) is 27.2 Å². The van der Waals surface area contributed by atoms with Gasteiger partial charge in [-0.1, -0.05) is 6.07 Å². The molecule has 10 heteroatoms. The first-order valence-corrected chi connectivity index (χ1v) is 12.8. The summed E-state index contributed by atoms with van der Waals surface area (Å²) in [5.74, 6) is 0.783. The number of alkyl halides is 3. The molecule has 0 saturated carbocycles. The molecule has 0 amide bonds. The Labute approximate surface area is 214 Å². The molecule has 0 radical (unpaired) electrons. The van der Waals surface area contributed by atoms with Gasteiger partial charge in [-0.25, -0.2) is 9.97 Å². The zero-order valence-electron chi connectivity index (χ0n) is 20.9. The van der Waals surface area contributed by atoms with E-state index in [1.165, 1.54) is 6.07 Å². The highest BCUT2D eigenvalue weighted by Gasteiger charge is 2.34. The van der Waals surface area contributed by atoms with Crippen LogP contribution < -0.4 is 5.32 Å². The number of fused-ring (bicyclic) bond motifs is 1. The lowest BCUT2D eigenvalue weighted by molar-refractivity contribution is -0.136. The number of ether oxygens (including phenoxy) is 1. The number of benzene rings is 1. The molecule has 4 heterocycles. The number of aromatic nitrogens is 3. The van der Waals surface area contributed by atoms with Crippen molar-refractivity contribution < 1.29 is 17.9 Å². The summed E-state index contributed by atoms with van der Waals surface area (Å²) < 4.78 is 49.7. The third-order valence-corrected chi connectivity index (χ3v) is 7.50. The lowest BCUT2D eigenvalue weighted by atomic mass is 9.94. The minimum absolute atomic E-state index is 0.0637. The van der Waals surface area contributed by atoms with Crippen LogP contribution in [-0.2, 0) is 17.5 Å². The first-order chi connectivity index (χ1) is 17.8. The second-order valence-electron chi connectivity index (χ2n) is 10.2. The molecule has 0 spiro atoms. The largest absolute Gasteiger partial charge is 0.418 e. The van der Waals surface area contributed by atoms with Gasteiger partial charge in [0, 0.05) is 48.4 Å². The van der Waals surface area contributed by atoms with E-state index in [1.807, 2.05) is 22.9 Å². The van der Waals surface area contributed by atoms with E-state index >= 15 is 0 Å². The van der Waals surface area contributed by atoms with Crippen LogP contribution in [0, 0.1) is 23.2 Å². The van der Waals surface area contributed by atoms with Gasteiger partial charge in [-0.2, -0.15) is 18.4 Å². The van der Waals surface area contributed by atoms with Crippen LogP contribution in [0.4, 0.5) is 18.9 Å². The molecule has 2 aromatic heterocycles. The van der Waals surface area contributed by atoms with Gasteiger partial charge in [0.05, 0.1) is 17.9 Å². The highest BCUT2D eigenvalue weighted by atomic mass is 19.4. The highest BCUT2D eigenvalue weighted by Crippen LogP contribution is 2.39. The molecule has 2 saturated heterocycles. The van der Waals surface area contributed by atoms with Crippen LogP contribution in [-0.4, -0.2) is 59.3 Å². The maximum Gasteiger partial charge on any atom is 0.418 e. The topological polar surface area (TPSA) is 79.0 Å². The Kier molecular flexibility index (Phi) is 7.36. The van der Waals surface area contributed by atoms with Crippen LogP contribution in [0.5, 0.6) is 0 Å². The molecule has 2 aliphatic rings. The summed E-state index contributed by atoms with van der Waals surface area (Å²) in [6.07, 6.45) is 1.23. The number of anilines is 1. The third kappa shape index (κ3) is 5.73. The maximum atomic E-state index is 14.1. The molecule has 0 bridgehead atoms. The molecule has 1 unspecified atom stereocenters. The fourth-order valence-corrected chi connectivity index (χ4v) is 5.33. The lowest BCUT2D eigenvalue weighted by Crippen LogP contribution is -2.30. The molecule has 1 N–H and O–H groups in total. The van der Waals surface area contributed by atoms with Crippen LogP contribution in [0.3, 0.4) is 0 Å². The smallest absolute Gasteiger partial charge is 0.385 e. The number of halogens is 3. The molecule has 5 rings (SSSR count). The van der Waals surface area contributed by atoms with Crippen molar-refractivity contribution in [2.45, 2.75) is 38.4 Å². The molecule has 2 aliphatic heterocycles. The average molecular weight is 513 g/mol. The summed E-state index contributed by atoms with van der Waals surface area (Å²) >= 11 is 0. The average Bonchev–Trinajstić information content (AvgIpc) is 3.55. The third-order valence-electron chi connectivity index (χ3n) is 7.50. The van der Waals surface area contributed by atoms with E-state index in [0.29, 0.717) is 60.4 Å². The Morgan fingerprint density at radius 3 is 2.65 bits per heavy atom. The fraction of sp³-hybridized carbons (Fsp3) is 0.519. The van der Waals surface area contributed by atoms with E-state index < -0.39 is 11.7 Å². The summed E-state index contributed by atoms with van der Waals surface area (Å²) in [5, 5.41) is 13.2. The molecule has 37 heavy (non-hydrogen) atoms. The van der Waals surface area contributed by atoms with Crippen molar-refractivity contribution in [1.29, 1.82) is 5.26 Å². The summed E-state index contributed by atoms with van der Waals surface area (Å²) in [6.45, 7) is 4.58. The second kappa shape index (κ2) is 10.7. The zero-order valence-corrected chi connectivity index (χ0v) is 20.9. The van der Waals surface area contributed by atoms with Crippen LogP contribution >= 0.6 is 0 Å². The highest BCUT2D eigenvalue weighted by molar-refractivity contribution is 5.92. The SMILES string of the molecule is CN1CCC(CCNc2ccc(-c3nc(C#N)nc4c3ccn4CC3CCOC3)cc2C(F)(F)F)CC1. The molecule has 7 nitrogen and oxygen atoms in total. The van der Waals surface area contributed by atoms with Gasteiger partial charge < -0.3 is 19.5 Å². The molecule has 1 atom stereocenters. The number of hydrogen-bond acceptors (Lipinski definition) is 6. The van der Waals surface area contributed by atoms with Gasteiger partial charge in [-0.15, -0.1) is 0 Å². The number of likely N-dealkylation sites (tertiary alicyclic amines) is 1. The zero-order chi connectivity index (χ0) is 26.0. The van der Waals surface area contributed by atoms with E-state index in [-0.39, 0.29) is 11.5 Å². The number of nitriles is 1. The molecular formula is C27H31F3N6O. The molecular weight excluding hydrogens is 481 g/mol. The molecule has 0 aliphatic carbocycles. The summed E-state index contributed by atoms with van der Waals surface area (Å²) in [4.78, 5) is 11.0. The quantitative estimate of drug-likeness (QED) is 0.471. The van der Waals surface area contributed by atoms with E-state index in [9.17, 15) is 18.4 Å². The van der Waals surface area contributed by atoms with Gasteiger partial charge in [0.2, 0.25) is 5.82 Å². The van der Waals surface area contributed by atoms with Crippen LogP contribution in [0.25, 0.3) is 22.3 Å². The van der Waals surface area contributed by atoms with Crippen LogP contribution in [0.1, 0.15) is 37.1 Å². The molecule has 1 aromatic carbocycles. The first-order valence-electron chi connectivity index (χ1n) is 12.8. The van der Waals surface area contributed by atoms with Crippen molar-refractivity contribution in [1.82, 2.24) is 19.4 Å². The fourth-order valence-electron chi connectivity index (χ4n) is 5.33. The van der Waals surface area contributed by atoms with Gasteiger partial charge >= 0.3 is 6.18 Å². The van der Waals surface area contributed by atoms with E-state index in [0.717, 1.165) is 44.8 Å². The predicted molar refractivity (Wildman–Crippen MR) is 135 cm³/mol. The minimum Gasteiger partial charge on any atom is -0.385 e. The molecule has 3 aromatic rings. The monoisotopic (exact) mass is 512 g/mol. The number of hydrogen-bond donors (Lipinski definition) is 1. The summed E-state index contributed by atoms with van der Waals surface area (Å²) in [7, 11) is 2.09. The lowest BCUT2D eigenvalue weighted by Gasteiger charge is -2.29. The van der Waals surface area contributed by atoms with Gasteiger partial charge in [-0.05, 0) is 69.9 Å². The number of nitrogens with zero attached hydrogens (tertiary/aromatic N) is 5. The maximum absolute atomic E-state index is 14.1. The van der Waals surface area contributed by atoms with E-state index in [4.69, 9.17) is 4.74 Å². The van der Waals surface area contributed by atoms with Gasteiger partial charge in [0.1, 0.15) is 11.7 Å². The minimum atomic E-state index is -4.54. The van der Waals surface area contributed by atoms with Crippen molar-refractivity contribution in [2.75, 3.05) is 45.2 Å². The van der Waals surface area contributed by atoms with Gasteiger partial charge in [-0.3, -0.25) is 0 Å². The summed E-state index contributed by atoms with van der Waals surface area (Å²) in [5.41, 5.74) is 0.502. The Morgan fingerprint density at radius 2 is 1.95 bits per heavy atom. The van der Waals surface area contributed by atoms with Crippen molar-refractivity contribution in [2.24, 2.45) is 11.8 Å². The van der Waals surface area contributed by atoms with Gasteiger partial charge in [0.25, 0.3) is 0 Å². The van der Waals surface area contributed by atoms with Gasteiger partial charge in [0.15, 0.2) is 0 Å². The number of piperidine rings is 1. The van der Waals surface area contributed by atoms with Crippen LogP contribution in [0.2, 0.25) is 0 Å². The van der Waals surface area contributed by atoms with Crippen molar-refractivity contribution in [3.05, 3.63) is 41.9 Å². The van der Waals surface area contributed by atoms with Crippen LogP contribution in [0.15, 0.2) is 30.5 Å². The predicted octanol–water partition coefficient (Wildman–Crippen LogP) is 5.17. The van der Waals surface area contributed by atoms with Crippen molar-refractivity contribution in [3.8, 4) is 17.3 Å². The van der Waals surface area contributed by atoms with Crippen molar-refractivity contribution in [3.63, 3.8) is 0 Å². The Hall–Kier alpha value is -3.16. The number of rotatable bonds is 7. The van der Waals surface area contributed by atoms with Crippen molar-refractivity contribution >= 4 is 16.7 Å². The Balaban J connectivity index is 1.43. The normalized spacial score (nSPS) is 19.4. The summed E-state index contributed by atoms with van der Waals surface area (Å²) in [6, 6.07) is 8.01. The molecule has 196 valence electrons. The second-order valence-corrected chi connectivity index (χ2v) is 10.2.